The van der Waals surface area contributed by atoms with E-state index in [0.29, 0.717) is 6.42 Å². The number of rotatable bonds is 4. The molecule has 0 aromatic carbocycles. The second-order valence-corrected chi connectivity index (χ2v) is 5.61. The highest BCUT2D eigenvalue weighted by Gasteiger charge is 2.39. The first-order valence-corrected chi connectivity index (χ1v) is 6.51. The third kappa shape index (κ3) is 2.03. The molecule has 1 aromatic rings. The molecular weight excluding hydrogens is 200 g/mol. The van der Waals surface area contributed by atoms with Gasteiger partial charge in [0.05, 0.1) is 12.4 Å². The average molecular weight is 220 g/mol. The van der Waals surface area contributed by atoms with Crippen molar-refractivity contribution in [3.05, 3.63) is 24.2 Å². The molecule has 2 aliphatic rings. The molecule has 2 saturated carbocycles. The Morgan fingerprint density at radius 3 is 2.94 bits per heavy atom. The average Bonchev–Trinajstić information content (AvgIpc) is 2.92. The van der Waals surface area contributed by atoms with E-state index >= 15 is 0 Å². The summed E-state index contributed by atoms with van der Waals surface area (Å²) in [5.41, 5.74) is 0. The van der Waals surface area contributed by atoms with Crippen molar-refractivity contribution in [3.8, 4) is 0 Å². The Hall–Kier alpha value is -0.760. The summed E-state index contributed by atoms with van der Waals surface area (Å²) in [7, 11) is 0. The van der Waals surface area contributed by atoms with Gasteiger partial charge in [0.2, 0.25) is 0 Å². The van der Waals surface area contributed by atoms with E-state index < -0.39 is 0 Å². The first-order valence-electron chi connectivity index (χ1n) is 6.51. The van der Waals surface area contributed by atoms with Gasteiger partial charge in [-0.15, -0.1) is 0 Å². The SMILES string of the molecule is OC(Cc1ccco1)CC1CC2CCC1C2. The summed E-state index contributed by atoms with van der Waals surface area (Å²) in [6.45, 7) is 0. The van der Waals surface area contributed by atoms with Gasteiger partial charge in [-0.2, -0.15) is 0 Å². The fourth-order valence-corrected chi connectivity index (χ4v) is 3.76. The number of hydrogen-bond donors (Lipinski definition) is 1. The van der Waals surface area contributed by atoms with Gasteiger partial charge < -0.3 is 9.52 Å². The molecule has 1 aromatic heterocycles. The van der Waals surface area contributed by atoms with E-state index in [1.807, 2.05) is 12.1 Å². The maximum Gasteiger partial charge on any atom is 0.106 e. The number of hydrogen-bond acceptors (Lipinski definition) is 2. The molecule has 16 heavy (non-hydrogen) atoms. The quantitative estimate of drug-likeness (QED) is 0.846. The Morgan fingerprint density at radius 2 is 2.31 bits per heavy atom. The van der Waals surface area contributed by atoms with Crippen molar-refractivity contribution in [3.63, 3.8) is 0 Å². The third-order valence-corrected chi connectivity index (χ3v) is 4.48. The van der Waals surface area contributed by atoms with Crippen LogP contribution in [0.15, 0.2) is 22.8 Å². The van der Waals surface area contributed by atoms with E-state index in [9.17, 15) is 5.11 Å². The number of aliphatic hydroxyl groups excluding tert-OH is 1. The topological polar surface area (TPSA) is 33.4 Å². The normalized spacial score (nSPS) is 34.4. The van der Waals surface area contributed by atoms with Gasteiger partial charge >= 0.3 is 0 Å². The van der Waals surface area contributed by atoms with Crippen molar-refractivity contribution < 1.29 is 9.52 Å². The number of furan rings is 1. The summed E-state index contributed by atoms with van der Waals surface area (Å²) in [5.74, 6) is 3.58. The Kier molecular flexibility index (Phi) is 2.76. The van der Waals surface area contributed by atoms with Gasteiger partial charge in [-0.05, 0) is 55.6 Å². The Balaban J connectivity index is 1.51. The smallest absolute Gasteiger partial charge is 0.106 e. The van der Waals surface area contributed by atoms with Gasteiger partial charge in [0.15, 0.2) is 0 Å². The standard InChI is InChI=1S/C14H20O2/c15-13(9-14-2-1-5-16-14)8-12-7-10-3-4-11(12)6-10/h1-2,5,10-13,15H,3-4,6-9H2. The summed E-state index contributed by atoms with van der Waals surface area (Å²) >= 11 is 0. The van der Waals surface area contributed by atoms with Gasteiger partial charge in [0.1, 0.15) is 5.76 Å². The molecule has 0 aliphatic heterocycles. The molecule has 0 saturated heterocycles. The molecule has 2 heteroatoms. The summed E-state index contributed by atoms with van der Waals surface area (Å²) in [4.78, 5) is 0. The first kappa shape index (κ1) is 10.4. The molecule has 0 radical (unpaired) electrons. The van der Waals surface area contributed by atoms with Gasteiger partial charge in [-0.1, -0.05) is 6.42 Å². The van der Waals surface area contributed by atoms with Gasteiger partial charge in [0.25, 0.3) is 0 Å². The monoisotopic (exact) mass is 220 g/mol. The zero-order valence-electron chi connectivity index (χ0n) is 9.64. The molecule has 2 nitrogen and oxygen atoms in total. The van der Waals surface area contributed by atoms with Crippen molar-refractivity contribution >= 4 is 0 Å². The molecule has 2 fully saturated rings. The van der Waals surface area contributed by atoms with Crippen LogP contribution in [-0.4, -0.2) is 11.2 Å². The van der Waals surface area contributed by atoms with Crippen LogP contribution in [0.5, 0.6) is 0 Å². The fraction of sp³-hybridized carbons (Fsp3) is 0.714. The first-order chi connectivity index (χ1) is 7.81. The van der Waals surface area contributed by atoms with Crippen molar-refractivity contribution in [1.29, 1.82) is 0 Å². The summed E-state index contributed by atoms with van der Waals surface area (Å²) in [5, 5.41) is 10.0. The molecule has 1 heterocycles. The molecule has 88 valence electrons. The molecular formula is C14H20O2. The van der Waals surface area contributed by atoms with E-state index in [0.717, 1.165) is 29.9 Å². The summed E-state index contributed by atoms with van der Waals surface area (Å²) in [6.07, 6.45) is 8.76. The maximum atomic E-state index is 10.0. The molecule has 1 N–H and O–H groups in total. The minimum Gasteiger partial charge on any atom is -0.469 e. The Labute approximate surface area is 96.7 Å². The predicted molar refractivity (Wildman–Crippen MR) is 62.0 cm³/mol. The lowest BCUT2D eigenvalue weighted by Gasteiger charge is -2.23. The van der Waals surface area contributed by atoms with Crippen LogP contribution in [0.4, 0.5) is 0 Å². The van der Waals surface area contributed by atoms with Crippen LogP contribution in [0.3, 0.4) is 0 Å². The molecule has 0 spiro atoms. The van der Waals surface area contributed by atoms with Crippen LogP contribution in [-0.2, 0) is 6.42 Å². The lowest BCUT2D eigenvalue weighted by atomic mass is 9.84. The van der Waals surface area contributed by atoms with Crippen molar-refractivity contribution in [2.24, 2.45) is 17.8 Å². The Bertz CT molecular complexity index is 331. The van der Waals surface area contributed by atoms with E-state index in [2.05, 4.69) is 0 Å². The lowest BCUT2D eigenvalue weighted by molar-refractivity contribution is 0.119. The largest absolute Gasteiger partial charge is 0.469 e. The highest BCUT2D eigenvalue weighted by Crippen LogP contribution is 2.49. The molecule has 3 rings (SSSR count). The van der Waals surface area contributed by atoms with Crippen LogP contribution < -0.4 is 0 Å². The minimum absolute atomic E-state index is 0.213. The highest BCUT2D eigenvalue weighted by molar-refractivity contribution is 5.00. The number of aliphatic hydroxyl groups is 1. The minimum atomic E-state index is -0.213. The van der Waals surface area contributed by atoms with E-state index in [-0.39, 0.29) is 6.10 Å². The fourth-order valence-electron chi connectivity index (χ4n) is 3.76. The van der Waals surface area contributed by atoms with E-state index in [4.69, 9.17) is 4.42 Å². The summed E-state index contributed by atoms with van der Waals surface area (Å²) < 4.78 is 5.27. The zero-order chi connectivity index (χ0) is 11.0. The van der Waals surface area contributed by atoms with Crippen LogP contribution in [0.1, 0.15) is 37.9 Å². The van der Waals surface area contributed by atoms with Crippen LogP contribution in [0.2, 0.25) is 0 Å². The van der Waals surface area contributed by atoms with Gasteiger partial charge in [-0.25, -0.2) is 0 Å². The van der Waals surface area contributed by atoms with Crippen LogP contribution in [0.25, 0.3) is 0 Å². The molecule has 2 aliphatic carbocycles. The van der Waals surface area contributed by atoms with Gasteiger partial charge in [0, 0.05) is 6.42 Å². The summed E-state index contributed by atoms with van der Waals surface area (Å²) in [6, 6.07) is 3.84. The van der Waals surface area contributed by atoms with Crippen LogP contribution >= 0.6 is 0 Å². The number of fused-ring (bicyclic) bond motifs is 2. The highest BCUT2D eigenvalue weighted by atomic mass is 16.3. The molecule has 2 bridgehead atoms. The van der Waals surface area contributed by atoms with E-state index in [1.165, 1.54) is 25.7 Å². The molecule has 4 unspecified atom stereocenters. The van der Waals surface area contributed by atoms with Crippen LogP contribution in [0, 0.1) is 17.8 Å². The second-order valence-electron chi connectivity index (χ2n) is 5.61. The van der Waals surface area contributed by atoms with Crippen molar-refractivity contribution in [2.45, 2.75) is 44.6 Å². The van der Waals surface area contributed by atoms with Gasteiger partial charge in [-0.3, -0.25) is 0 Å². The zero-order valence-corrected chi connectivity index (χ0v) is 9.64. The van der Waals surface area contributed by atoms with E-state index in [1.54, 1.807) is 6.26 Å². The third-order valence-electron chi connectivity index (χ3n) is 4.48. The molecule has 4 atom stereocenters. The van der Waals surface area contributed by atoms with Crippen molar-refractivity contribution in [2.75, 3.05) is 0 Å². The Morgan fingerprint density at radius 1 is 1.38 bits per heavy atom. The lowest BCUT2D eigenvalue weighted by Crippen LogP contribution is -2.20. The maximum absolute atomic E-state index is 10.0. The van der Waals surface area contributed by atoms with Crippen molar-refractivity contribution in [1.82, 2.24) is 0 Å². The second kappa shape index (κ2) is 4.25. The predicted octanol–water partition coefficient (Wildman–Crippen LogP) is 3.01. The molecule has 0 amide bonds.